The van der Waals surface area contributed by atoms with Gasteiger partial charge in [-0.3, -0.25) is 14.9 Å². The van der Waals surface area contributed by atoms with Gasteiger partial charge in [-0.2, -0.15) is 0 Å². The van der Waals surface area contributed by atoms with Crippen LogP contribution in [0.3, 0.4) is 0 Å². The highest BCUT2D eigenvalue weighted by atomic mass is 32.1. The highest BCUT2D eigenvalue weighted by Crippen LogP contribution is 2.20. The van der Waals surface area contributed by atoms with Crippen LogP contribution in [0, 0.1) is 0 Å². The number of rotatable bonds is 7. The third-order valence-electron chi connectivity index (χ3n) is 4.82. The van der Waals surface area contributed by atoms with Crippen LogP contribution >= 0.6 is 12.2 Å². The van der Waals surface area contributed by atoms with E-state index in [1.54, 1.807) is 54.4 Å². The van der Waals surface area contributed by atoms with Gasteiger partial charge in [0.1, 0.15) is 5.75 Å². The Labute approximate surface area is 199 Å². The van der Waals surface area contributed by atoms with Gasteiger partial charge < -0.3 is 15.0 Å². The van der Waals surface area contributed by atoms with Gasteiger partial charge in [-0.05, 0) is 68.0 Å². The maximum Gasteiger partial charge on any atom is 0.257 e. The summed E-state index contributed by atoms with van der Waals surface area (Å²) in [5.74, 6) is 0.127. The lowest BCUT2D eigenvalue weighted by Crippen LogP contribution is -2.41. The highest BCUT2D eigenvalue weighted by molar-refractivity contribution is 7.80. The van der Waals surface area contributed by atoms with Crippen molar-refractivity contribution in [1.82, 2.24) is 10.6 Å². The van der Waals surface area contributed by atoms with E-state index in [2.05, 4.69) is 10.6 Å². The predicted molar refractivity (Wildman–Crippen MR) is 135 cm³/mol. The van der Waals surface area contributed by atoms with Gasteiger partial charge in [0.2, 0.25) is 0 Å². The maximum atomic E-state index is 12.8. The zero-order chi connectivity index (χ0) is 23.8. The van der Waals surface area contributed by atoms with Crippen LogP contribution in [0.25, 0.3) is 0 Å². The Morgan fingerprint density at radius 1 is 0.909 bits per heavy atom. The third kappa shape index (κ3) is 6.63. The number of benzene rings is 3. The van der Waals surface area contributed by atoms with Crippen LogP contribution in [0.2, 0.25) is 0 Å². The van der Waals surface area contributed by atoms with Crippen LogP contribution < -0.4 is 20.3 Å². The molecule has 0 aliphatic rings. The van der Waals surface area contributed by atoms with Crippen LogP contribution in [0.15, 0.2) is 78.9 Å². The van der Waals surface area contributed by atoms with Crippen molar-refractivity contribution < 1.29 is 14.3 Å². The summed E-state index contributed by atoms with van der Waals surface area (Å²) in [6.07, 6.45) is 0.0517. The fraction of sp³-hybridized carbons (Fsp3) is 0.192. The summed E-state index contributed by atoms with van der Waals surface area (Å²) >= 11 is 5.44. The molecule has 0 saturated carbocycles. The number of thiocarbonyl (C=S) groups is 1. The van der Waals surface area contributed by atoms with Crippen molar-refractivity contribution in [3.8, 4) is 5.75 Å². The quantitative estimate of drug-likeness (QED) is 0.505. The first kappa shape index (κ1) is 23.9. The Morgan fingerprint density at radius 2 is 1.55 bits per heavy atom. The first-order valence-corrected chi connectivity index (χ1v) is 11.0. The Balaban J connectivity index is 1.66. The molecule has 2 N–H and O–H groups in total. The first-order chi connectivity index (χ1) is 15.8. The molecule has 170 valence electrons. The smallest absolute Gasteiger partial charge is 0.257 e. The summed E-state index contributed by atoms with van der Waals surface area (Å²) in [4.78, 5) is 27.1. The summed E-state index contributed by atoms with van der Waals surface area (Å²) in [7, 11) is 1.71. The van der Waals surface area contributed by atoms with E-state index in [-0.39, 0.29) is 23.0 Å². The molecule has 0 spiro atoms. The number of para-hydroxylation sites is 1. The van der Waals surface area contributed by atoms with Crippen molar-refractivity contribution in [2.75, 3.05) is 11.9 Å². The molecule has 3 rings (SSSR count). The second-order valence-corrected chi connectivity index (χ2v) is 8.08. The molecule has 0 heterocycles. The minimum Gasteiger partial charge on any atom is -0.491 e. The Hall–Kier alpha value is -3.71. The van der Waals surface area contributed by atoms with Crippen molar-refractivity contribution in [1.29, 1.82) is 0 Å². The molecule has 0 aliphatic carbocycles. The molecule has 33 heavy (non-hydrogen) atoms. The van der Waals surface area contributed by atoms with Gasteiger partial charge in [0.25, 0.3) is 11.8 Å². The van der Waals surface area contributed by atoms with Crippen molar-refractivity contribution in [3.05, 3.63) is 95.6 Å². The zero-order valence-corrected chi connectivity index (χ0v) is 19.7. The Bertz CT molecular complexity index is 1120. The molecule has 3 aromatic rings. The lowest BCUT2D eigenvalue weighted by atomic mass is 10.1. The molecule has 0 atom stereocenters. The second-order valence-electron chi connectivity index (χ2n) is 7.69. The predicted octanol–water partition coefficient (Wildman–Crippen LogP) is 4.55. The molecular formula is C26H27N3O3S. The molecule has 0 aromatic heterocycles. The molecule has 0 bridgehead atoms. The van der Waals surface area contributed by atoms with Gasteiger partial charge in [0.15, 0.2) is 5.11 Å². The minimum absolute atomic E-state index is 0.0517. The van der Waals surface area contributed by atoms with E-state index < -0.39 is 0 Å². The summed E-state index contributed by atoms with van der Waals surface area (Å²) in [6, 6.07) is 23.6. The third-order valence-corrected chi connectivity index (χ3v) is 5.20. The van der Waals surface area contributed by atoms with E-state index in [1.807, 2.05) is 50.2 Å². The van der Waals surface area contributed by atoms with Gasteiger partial charge in [0, 0.05) is 19.2 Å². The SMILES string of the molecule is CC(C)Oc1ccc(C(=O)NC(=S)N(C)c2ccccc2C(=O)NCc2ccccc2)cc1. The Morgan fingerprint density at radius 3 is 2.21 bits per heavy atom. The van der Waals surface area contributed by atoms with E-state index >= 15 is 0 Å². The molecule has 0 aliphatic heterocycles. The van der Waals surface area contributed by atoms with E-state index in [9.17, 15) is 9.59 Å². The van der Waals surface area contributed by atoms with Crippen molar-refractivity contribution >= 4 is 34.8 Å². The van der Waals surface area contributed by atoms with Crippen LogP contribution in [-0.2, 0) is 6.54 Å². The number of nitrogens with zero attached hydrogens (tertiary/aromatic N) is 1. The van der Waals surface area contributed by atoms with E-state index in [1.165, 1.54) is 0 Å². The van der Waals surface area contributed by atoms with Crippen molar-refractivity contribution in [2.45, 2.75) is 26.5 Å². The number of hydrogen-bond donors (Lipinski definition) is 2. The van der Waals surface area contributed by atoms with Crippen LogP contribution in [0.4, 0.5) is 5.69 Å². The van der Waals surface area contributed by atoms with Gasteiger partial charge in [-0.25, -0.2) is 0 Å². The zero-order valence-electron chi connectivity index (χ0n) is 18.9. The fourth-order valence-electron chi connectivity index (χ4n) is 3.15. The van der Waals surface area contributed by atoms with E-state index in [0.717, 1.165) is 5.56 Å². The van der Waals surface area contributed by atoms with Crippen molar-refractivity contribution in [3.63, 3.8) is 0 Å². The van der Waals surface area contributed by atoms with E-state index in [4.69, 9.17) is 17.0 Å². The van der Waals surface area contributed by atoms with Gasteiger partial charge >= 0.3 is 0 Å². The highest BCUT2D eigenvalue weighted by Gasteiger charge is 2.18. The molecule has 7 heteroatoms. The molecule has 2 amide bonds. The molecule has 0 radical (unpaired) electrons. The van der Waals surface area contributed by atoms with Gasteiger partial charge in [0.05, 0.1) is 17.4 Å². The average molecular weight is 462 g/mol. The topological polar surface area (TPSA) is 70.7 Å². The minimum atomic E-state index is -0.339. The standard InChI is InChI=1S/C26H27N3O3S/c1-18(2)32-21-15-13-20(14-16-21)24(30)28-26(33)29(3)23-12-8-7-11-22(23)25(31)27-17-19-9-5-4-6-10-19/h4-16,18H,17H2,1-3H3,(H,27,31)(H,28,30,33). The number of nitrogens with one attached hydrogen (secondary N) is 2. The first-order valence-electron chi connectivity index (χ1n) is 10.6. The van der Waals surface area contributed by atoms with Gasteiger partial charge in [-0.1, -0.05) is 42.5 Å². The number of carbonyl (C=O) groups excluding carboxylic acids is 2. The normalized spacial score (nSPS) is 10.4. The molecule has 3 aromatic carbocycles. The number of hydrogen-bond acceptors (Lipinski definition) is 4. The maximum absolute atomic E-state index is 12.8. The van der Waals surface area contributed by atoms with Crippen LogP contribution in [0.5, 0.6) is 5.75 Å². The fourth-order valence-corrected chi connectivity index (χ4v) is 3.34. The number of ether oxygens (including phenoxy) is 1. The number of anilines is 1. The average Bonchev–Trinajstić information content (AvgIpc) is 2.82. The summed E-state index contributed by atoms with van der Waals surface area (Å²) in [5.41, 5.74) is 2.51. The largest absolute Gasteiger partial charge is 0.491 e. The number of amides is 2. The summed E-state index contributed by atoms with van der Waals surface area (Å²) in [6.45, 7) is 4.29. The lowest BCUT2D eigenvalue weighted by Gasteiger charge is -2.23. The van der Waals surface area contributed by atoms with Crippen molar-refractivity contribution in [2.24, 2.45) is 0 Å². The molecule has 6 nitrogen and oxygen atoms in total. The second kappa shape index (κ2) is 11.2. The molecule has 0 fully saturated rings. The molecule has 0 saturated heterocycles. The monoisotopic (exact) mass is 461 g/mol. The van der Waals surface area contributed by atoms with Crippen LogP contribution in [-0.4, -0.2) is 30.1 Å². The number of carbonyl (C=O) groups is 2. The van der Waals surface area contributed by atoms with E-state index in [0.29, 0.717) is 29.1 Å². The summed E-state index contributed by atoms with van der Waals surface area (Å²) < 4.78 is 5.61. The lowest BCUT2D eigenvalue weighted by molar-refractivity contribution is 0.0949. The van der Waals surface area contributed by atoms with Crippen LogP contribution in [0.1, 0.15) is 40.1 Å². The molecule has 0 unspecified atom stereocenters. The van der Waals surface area contributed by atoms with Gasteiger partial charge in [-0.15, -0.1) is 0 Å². The summed E-state index contributed by atoms with van der Waals surface area (Å²) in [5, 5.41) is 5.84. The Kier molecular flexibility index (Phi) is 8.16. The molecular weight excluding hydrogens is 434 g/mol.